The lowest BCUT2D eigenvalue weighted by Gasteiger charge is -2.42. The molecule has 1 aromatic rings. The van der Waals surface area contributed by atoms with Gasteiger partial charge in [-0.25, -0.2) is 0 Å². The van der Waals surface area contributed by atoms with E-state index in [0.29, 0.717) is 57.3 Å². The van der Waals surface area contributed by atoms with Crippen LogP contribution in [0.1, 0.15) is 24.5 Å². The first-order chi connectivity index (χ1) is 11.2. The normalized spacial score (nSPS) is 24.4. The van der Waals surface area contributed by atoms with Gasteiger partial charge in [0.15, 0.2) is 0 Å². The van der Waals surface area contributed by atoms with E-state index in [1.54, 1.807) is 0 Å². The fraction of sp³-hybridized carbons (Fsp3) is 0.588. The van der Waals surface area contributed by atoms with Gasteiger partial charge in [0.25, 0.3) is 0 Å². The average Bonchev–Trinajstić information content (AvgIpc) is 2.62. The van der Waals surface area contributed by atoms with Gasteiger partial charge in [-0.3, -0.25) is 4.79 Å². The number of carbonyl (C=O) groups is 1. The summed E-state index contributed by atoms with van der Waals surface area (Å²) < 4.78 is 11.2. The number of nitrogens with zero attached hydrogens (tertiary/aromatic N) is 1. The number of halogens is 1. The van der Waals surface area contributed by atoms with Crippen molar-refractivity contribution in [2.75, 3.05) is 39.5 Å². The molecule has 1 amide bonds. The van der Waals surface area contributed by atoms with Crippen LogP contribution >= 0.6 is 11.6 Å². The first-order valence-corrected chi connectivity index (χ1v) is 8.47. The van der Waals surface area contributed by atoms with Gasteiger partial charge in [-0.2, -0.15) is 0 Å². The van der Waals surface area contributed by atoms with E-state index in [1.807, 2.05) is 29.2 Å². The Kier molecular flexibility index (Phi) is 5.21. The van der Waals surface area contributed by atoms with Crippen LogP contribution in [0.2, 0.25) is 5.02 Å². The Bertz CT molecular complexity index is 561. The summed E-state index contributed by atoms with van der Waals surface area (Å²) in [6.07, 6.45) is 1.20. The van der Waals surface area contributed by atoms with E-state index in [2.05, 4.69) is 0 Å². The van der Waals surface area contributed by atoms with Crippen LogP contribution in [-0.4, -0.2) is 50.3 Å². The maximum atomic E-state index is 13.1. The fourth-order valence-electron chi connectivity index (χ4n) is 3.36. The van der Waals surface area contributed by atoms with Gasteiger partial charge in [-0.1, -0.05) is 29.8 Å². The maximum absolute atomic E-state index is 13.1. The second-order valence-corrected chi connectivity index (χ2v) is 6.64. The minimum atomic E-state index is -0.485. The number of amides is 1. The molecule has 0 radical (unpaired) electrons. The molecule has 0 aromatic heterocycles. The molecular weight excluding hydrogens is 316 g/mol. The predicted octanol–water partition coefficient (Wildman–Crippen LogP) is 2.00. The van der Waals surface area contributed by atoms with Gasteiger partial charge in [0, 0.05) is 36.9 Å². The molecule has 23 heavy (non-hydrogen) atoms. The Hall–Kier alpha value is -1.14. The average molecular weight is 339 g/mol. The van der Waals surface area contributed by atoms with Gasteiger partial charge in [0.2, 0.25) is 5.91 Å². The van der Waals surface area contributed by atoms with Crippen LogP contribution in [0.15, 0.2) is 24.3 Å². The van der Waals surface area contributed by atoms with Crippen LogP contribution in [0.25, 0.3) is 0 Å². The van der Waals surface area contributed by atoms with Crippen LogP contribution in [0.5, 0.6) is 0 Å². The van der Waals surface area contributed by atoms with Crippen LogP contribution in [0.3, 0.4) is 0 Å². The maximum Gasteiger partial charge on any atom is 0.230 e. The van der Waals surface area contributed by atoms with E-state index in [4.69, 9.17) is 26.8 Å². The minimum absolute atomic E-state index is 0.128. The number of hydrogen-bond acceptors (Lipinski definition) is 4. The highest BCUT2D eigenvalue weighted by molar-refractivity contribution is 6.31. The van der Waals surface area contributed by atoms with Crippen molar-refractivity contribution in [3.63, 3.8) is 0 Å². The molecule has 0 spiro atoms. The molecule has 2 fully saturated rings. The van der Waals surface area contributed by atoms with Crippen molar-refractivity contribution in [2.45, 2.75) is 18.9 Å². The molecule has 0 saturated carbocycles. The summed E-state index contributed by atoms with van der Waals surface area (Å²) in [7, 11) is 0. The summed E-state index contributed by atoms with van der Waals surface area (Å²) in [5.74, 6) is 0.128. The molecular formula is C17H23ClN2O3. The van der Waals surface area contributed by atoms with E-state index in [9.17, 15) is 4.79 Å². The zero-order valence-electron chi connectivity index (χ0n) is 13.2. The van der Waals surface area contributed by atoms with E-state index < -0.39 is 5.41 Å². The molecule has 2 aliphatic heterocycles. The van der Waals surface area contributed by atoms with E-state index in [0.717, 1.165) is 5.56 Å². The highest BCUT2D eigenvalue weighted by Crippen LogP contribution is 2.34. The molecule has 1 unspecified atom stereocenters. The van der Waals surface area contributed by atoms with Crippen molar-refractivity contribution in [2.24, 2.45) is 11.1 Å². The molecule has 1 atom stereocenters. The molecule has 3 rings (SSSR count). The number of carbonyl (C=O) groups excluding carboxylic acids is 1. The Morgan fingerprint density at radius 1 is 1.30 bits per heavy atom. The summed E-state index contributed by atoms with van der Waals surface area (Å²) in [6.45, 7) is 3.19. The summed E-state index contributed by atoms with van der Waals surface area (Å²) in [6, 6.07) is 7.63. The number of nitrogens with two attached hydrogens (primary N) is 1. The van der Waals surface area contributed by atoms with Crippen molar-refractivity contribution in [1.29, 1.82) is 0 Å². The van der Waals surface area contributed by atoms with Crippen molar-refractivity contribution >= 4 is 17.5 Å². The van der Waals surface area contributed by atoms with E-state index in [1.165, 1.54) is 0 Å². The largest absolute Gasteiger partial charge is 0.381 e. The molecule has 0 bridgehead atoms. The molecule has 5 nitrogen and oxygen atoms in total. The van der Waals surface area contributed by atoms with Crippen LogP contribution in [0.4, 0.5) is 0 Å². The van der Waals surface area contributed by atoms with Crippen molar-refractivity contribution < 1.29 is 14.3 Å². The lowest BCUT2D eigenvalue weighted by atomic mass is 9.78. The van der Waals surface area contributed by atoms with Gasteiger partial charge < -0.3 is 20.1 Å². The van der Waals surface area contributed by atoms with E-state index in [-0.39, 0.29) is 12.0 Å². The van der Waals surface area contributed by atoms with Crippen LogP contribution in [-0.2, 0) is 14.3 Å². The number of morpholine rings is 1. The number of ether oxygens (including phenoxy) is 2. The summed E-state index contributed by atoms with van der Waals surface area (Å²) >= 11 is 6.27. The standard InChI is InChI=1S/C17H23ClN2O3/c18-14-4-2-1-3-13(14)15-11-20(7-10-23-15)16(21)17(12-19)5-8-22-9-6-17/h1-4,15H,5-12,19H2. The van der Waals surface area contributed by atoms with Gasteiger partial charge >= 0.3 is 0 Å². The van der Waals surface area contributed by atoms with Crippen molar-refractivity contribution in [3.8, 4) is 0 Å². The highest BCUT2D eigenvalue weighted by atomic mass is 35.5. The van der Waals surface area contributed by atoms with Gasteiger partial charge in [-0.05, 0) is 18.9 Å². The van der Waals surface area contributed by atoms with Crippen LogP contribution < -0.4 is 5.73 Å². The summed E-state index contributed by atoms with van der Waals surface area (Å²) in [5, 5.41) is 0.673. The molecule has 6 heteroatoms. The Balaban J connectivity index is 1.75. The quantitative estimate of drug-likeness (QED) is 0.915. The monoisotopic (exact) mass is 338 g/mol. The first kappa shape index (κ1) is 16.7. The summed E-state index contributed by atoms with van der Waals surface area (Å²) in [5.41, 5.74) is 6.41. The van der Waals surface area contributed by atoms with Crippen molar-refractivity contribution in [3.05, 3.63) is 34.9 Å². The first-order valence-electron chi connectivity index (χ1n) is 8.09. The Morgan fingerprint density at radius 3 is 2.74 bits per heavy atom. The third-order valence-corrected chi connectivity index (χ3v) is 5.24. The minimum Gasteiger partial charge on any atom is -0.381 e. The highest BCUT2D eigenvalue weighted by Gasteiger charge is 2.42. The summed E-state index contributed by atoms with van der Waals surface area (Å²) in [4.78, 5) is 15.0. The SMILES string of the molecule is NCC1(C(=O)N2CCOC(c3ccccc3Cl)C2)CCOCC1. The van der Waals surface area contributed by atoms with Gasteiger partial charge in [0.1, 0.15) is 6.10 Å². The van der Waals surface area contributed by atoms with E-state index >= 15 is 0 Å². The number of hydrogen-bond donors (Lipinski definition) is 1. The Morgan fingerprint density at radius 2 is 2.04 bits per heavy atom. The Labute approximate surface area is 141 Å². The zero-order chi connectivity index (χ0) is 16.3. The molecule has 126 valence electrons. The molecule has 0 aliphatic carbocycles. The molecule has 1 aromatic carbocycles. The third-order valence-electron chi connectivity index (χ3n) is 4.90. The second kappa shape index (κ2) is 7.18. The molecule has 2 aliphatic rings. The molecule has 2 saturated heterocycles. The lowest BCUT2D eigenvalue weighted by molar-refractivity contribution is -0.154. The van der Waals surface area contributed by atoms with Crippen LogP contribution in [0, 0.1) is 5.41 Å². The smallest absolute Gasteiger partial charge is 0.230 e. The lowest BCUT2D eigenvalue weighted by Crippen LogP contribution is -2.54. The third kappa shape index (κ3) is 3.38. The van der Waals surface area contributed by atoms with Crippen molar-refractivity contribution in [1.82, 2.24) is 4.90 Å². The molecule has 2 heterocycles. The number of benzene rings is 1. The second-order valence-electron chi connectivity index (χ2n) is 6.23. The fourth-order valence-corrected chi connectivity index (χ4v) is 3.62. The van der Waals surface area contributed by atoms with Gasteiger partial charge in [0.05, 0.1) is 18.6 Å². The molecule has 2 N–H and O–H groups in total. The van der Waals surface area contributed by atoms with Gasteiger partial charge in [-0.15, -0.1) is 0 Å². The predicted molar refractivity (Wildman–Crippen MR) is 88.3 cm³/mol. The topological polar surface area (TPSA) is 64.8 Å². The number of rotatable bonds is 3. The zero-order valence-corrected chi connectivity index (χ0v) is 13.9.